The Morgan fingerprint density at radius 3 is 3.08 bits per heavy atom. The number of aldehydes is 1. The number of aromatic amines is 1. The predicted octanol–water partition coefficient (Wildman–Crippen LogP) is 1.42. The van der Waals surface area contributed by atoms with E-state index >= 15 is 0 Å². The van der Waals surface area contributed by atoms with Crippen molar-refractivity contribution >= 4 is 23.0 Å². The van der Waals surface area contributed by atoms with Gasteiger partial charge in [0.2, 0.25) is 0 Å². The molecule has 0 aliphatic heterocycles. The smallest absolute Gasteiger partial charge is 0.155 e. The first-order chi connectivity index (χ1) is 6.35. The van der Waals surface area contributed by atoms with Crippen LogP contribution in [0.3, 0.4) is 0 Å². The van der Waals surface area contributed by atoms with Crippen LogP contribution in [0.1, 0.15) is 10.4 Å². The van der Waals surface area contributed by atoms with Crippen LogP contribution in [0.5, 0.6) is 0 Å². The van der Waals surface area contributed by atoms with E-state index in [2.05, 4.69) is 15.5 Å². The van der Waals surface area contributed by atoms with Crippen LogP contribution >= 0.6 is 0 Å². The van der Waals surface area contributed by atoms with E-state index in [0.29, 0.717) is 5.56 Å². The van der Waals surface area contributed by atoms with Crippen LogP contribution in [0.4, 0.5) is 5.82 Å². The first-order valence-corrected chi connectivity index (χ1v) is 3.96. The van der Waals surface area contributed by atoms with Crippen LogP contribution < -0.4 is 5.32 Å². The van der Waals surface area contributed by atoms with E-state index in [4.69, 9.17) is 0 Å². The van der Waals surface area contributed by atoms with E-state index < -0.39 is 0 Å². The van der Waals surface area contributed by atoms with E-state index in [1.165, 1.54) is 0 Å². The Morgan fingerprint density at radius 2 is 2.38 bits per heavy atom. The molecule has 4 heteroatoms. The monoisotopic (exact) mass is 175 g/mol. The fraction of sp³-hybridized carbons (Fsp3) is 0.111. The van der Waals surface area contributed by atoms with Gasteiger partial charge in [0.1, 0.15) is 6.29 Å². The number of rotatable bonds is 2. The summed E-state index contributed by atoms with van der Waals surface area (Å²) in [7, 11) is 1.79. The molecule has 4 nitrogen and oxygen atoms in total. The number of anilines is 1. The van der Waals surface area contributed by atoms with Crippen molar-refractivity contribution in [3.8, 4) is 0 Å². The molecule has 0 atom stereocenters. The van der Waals surface area contributed by atoms with Gasteiger partial charge in [0.15, 0.2) is 5.82 Å². The molecule has 0 fully saturated rings. The minimum atomic E-state index is 0.658. The van der Waals surface area contributed by atoms with Gasteiger partial charge in [-0.15, -0.1) is 0 Å². The standard InChI is InChI=1S/C9H9N3O/c1-10-9-7-4-6(5-13)2-3-8(7)11-12-9/h2-5H,1H3,(H2,10,11,12). The van der Waals surface area contributed by atoms with Crippen LogP contribution in [0, 0.1) is 0 Å². The fourth-order valence-electron chi connectivity index (χ4n) is 1.30. The summed E-state index contributed by atoms with van der Waals surface area (Å²) in [6.45, 7) is 0. The number of nitrogens with zero attached hydrogens (tertiary/aromatic N) is 1. The minimum absolute atomic E-state index is 0.658. The van der Waals surface area contributed by atoms with E-state index in [1.54, 1.807) is 19.2 Å². The van der Waals surface area contributed by atoms with Gasteiger partial charge >= 0.3 is 0 Å². The van der Waals surface area contributed by atoms with Gasteiger partial charge in [0, 0.05) is 18.0 Å². The Kier molecular flexibility index (Phi) is 1.73. The number of aromatic nitrogens is 2. The van der Waals surface area contributed by atoms with Gasteiger partial charge in [-0.05, 0) is 18.2 Å². The number of nitrogens with one attached hydrogen (secondary N) is 2. The van der Waals surface area contributed by atoms with Crippen molar-refractivity contribution in [2.45, 2.75) is 0 Å². The van der Waals surface area contributed by atoms with E-state index in [-0.39, 0.29) is 0 Å². The largest absolute Gasteiger partial charge is 0.371 e. The average Bonchev–Trinajstić information content (AvgIpc) is 2.59. The molecule has 2 rings (SSSR count). The van der Waals surface area contributed by atoms with Crippen molar-refractivity contribution in [3.05, 3.63) is 23.8 Å². The highest BCUT2D eigenvalue weighted by atomic mass is 16.1. The molecule has 0 aliphatic rings. The summed E-state index contributed by atoms with van der Waals surface area (Å²) in [6.07, 6.45) is 0.825. The lowest BCUT2D eigenvalue weighted by Crippen LogP contribution is -1.88. The van der Waals surface area contributed by atoms with Crippen molar-refractivity contribution in [1.29, 1.82) is 0 Å². The number of benzene rings is 1. The molecule has 0 bridgehead atoms. The average molecular weight is 175 g/mol. The molecule has 0 unspecified atom stereocenters. The van der Waals surface area contributed by atoms with Gasteiger partial charge in [-0.25, -0.2) is 0 Å². The second-order valence-electron chi connectivity index (χ2n) is 2.75. The van der Waals surface area contributed by atoms with Crippen molar-refractivity contribution in [3.63, 3.8) is 0 Å². The molecule has 0 saturated carbocycles. The summed E-state index contributed by atoms with van der Waals surface area (Å²) in [5.74, 6) is 0.763. The second kappa shape index (κ2) is 2.90. The summed E-state index contributed by atoms with van der Waals surface area (Å²) in [4.78, 5) is 10.5. The van der Waals surface area contributed by atoms with Crippen LogP contribution in [-0.4, -0.2) is 23.5 Å². The van der Waals surface area contributed by atoms with Crippen LogP contribution in [-0.2, 0) is 0 Å². The summed E-state index contributed by atoms with van der Waals surface area (Å²) in [5.41, 5.74) is 1.58. The molecule has 0 aliphatic carbocycles. The van der Waals surface area contributed by atoms with Gasteiger partial charge in [-0.1, -0.05) is 0 Å². The summed E-state index contributed by atoms with van der Waals surface area (Å²) in [6, 6.07) is 5.40. The molecule has 13 heavy (non-hydrogen) atoms. The minimum Gasteiger partial charge on any atom is -0.371 e. The zero-order valence-corrected chi connectivity index (χ0v) is 7.16. The molecular formula is C9H9N3O. The van der Waals surface area contributed by atoms with Gasteiger partial charge in [-0.3, -0.25) is 9.89 Å². The number of carbonyl (C=O) groups is 1. The third-order valence-electron chi connectivity index (χ3n) is 1.96. The third-order valence-corrected chi connectivity index (χ3v) is 1.96. The molecule has 0 radical (unpaired) electrons. The Morgan fingerprint density at radius 1 is 1.54 bits per heavy atom. The highest BCUT2D eigenvalue weighted by Crippen LogP contribution is 2.20. The van der Waals surface area contributed by atoms with Gasteiger partial charge < -0.3 is 5.32 Å². The van der Waals surface area contributed by atoms with Crippen LogP contribution in [0.15, 0.2) is 18.2 Å². The molecular weight excluding hydrogens is 166 g/mol. The first-order valence-electron chi connectivity index (χ1n) is 3.96. The lowest BCUT2D eigenvalue weighted by Gasteiger charge is -1.94. The molecule has 1 aromatic heterocycles. The number of carbonyl (C=O) groups excluding carboxylic acids is 1. The zero-order valence-electron chi connectivity index (χ0n) is 7.16. The maximum atomic E-state index is 10.5. The lowest BCUT2D eigenvalue weighted by molar-refractivity contribution is 0.112. The molecule has 1 heterocycles. The van der Waals surface area contributed by atoms with Crippen molar-refractivity contribution in [2.24, 2.45) is 0 Å². The molecule has 2 N–H and O–H groups in total. The SMILES string of the molecule is CNc1n[nH]c2ccc(C=O)cc12. The molecule has 0 amide bonds. The molecule has 1 aromatic carbocycles. The Balaban J connectivity index is 2.71. The van der Waals surface area contributed by atoms with Crippen molar-refractivity contribution < 1.29 is 4.79 Å². The van der Waals surface area contributed by atoms with Gasteiger partial charge in [-0.2, -0.15) is 5.10 Å². The predicted molar refractivity (Wildman–Crippen MR) is 51.0 cm³/mol. The molecule has 66 valence electrons. The normalized spacial score (nSPS) is 10.2. The lowest BCUT2D eigenvalue weighted by atomic mass is 10.2. The van der Waals surface area contributed by atoms with E-state index in [1.807, 2.05) is 6.07 Å². The second-order valence-corrected chi connectivity index (χ2v) is 2.75. The summed E-state index contributed by atoms with van der Waals surface area (Å²) >= 11 is 0. The summed E-state index contributed by atoms with van der Waals surface area (Å²) < 4.78 is 0. The molecule has 0 saturated heterocycles. The number of hydrogen-bond acceptors (Lipinski definition) is 3. The first kappa shape index (κ1) is 7.79. The van der Waals surface area contributed by atoms with Crippen LogP contribution in [0.25, 0.3) is 10.9 Å². The summed E-state index contributed by atoms with van der Waals surface area (Å²) in [5, 5.41) is 10.8. The highest BCUT2D eigenvalue weighted by Gasteiger charge is 2.03. The highest BCUT2D eigenvalue weighted by molar-refractivity contribution is 5.93. The Labute approximate surface area is 75.0 Å². The van der Waals surface area contributed by atoms with Gasteiger partial charge in [0.25, 0.3) is 0 Å². The van der Waals surface area contributed by atoms with E-state index in [0.717, 1.165) is 23.0 Å². The van der Waals surface area contributed by atoms with Crippen molar-refractivity contribution in [1.82, 2.24) is 10.2 Å². The number of hydrogen-bond donors (Lipinski definition) is 2. The topological polar surface area (TPSA) is 57.8 Å². The maximum Gasteiger partial charge on any atom is 0.155 e. The quantitative estimate of drug-likeness (QED) is 0.678. The molecule has 0 spiro atoms. The number of fused-ring (bicyclic) bond motifs is 1. The number of H-pyrrole nitrogens is 1. The zero-order chi connectivity index (χ0) is 9.26. The maximum absolute atomic E-state index is 10.5. The van der Waals surface area contributed by atoms with E-state index in [9.17, 15) is 4.79 Å². The fourth-order valence-corrected chi connectivity index (χ4v) is 1.30. The third kappa shape index (κ3) is 1.16. The van der Waals surface area contributed by atoms with Crippen molar-refractivity contribution in [2.75, 3.05) is 12.4 Å². The van der Waals surface area contributed by atoms with Gasteiger partial charge in [0.05, 0.1) is 5.52 Å². The van der Waals surface area contributed by atoms with Crippen LogP contribution in [0.2, 0.25) is 0 Å². The Hall–Kier alpha value is -1.84. The Bertz CT molecular complexity index is 447. The molecule has 2 aromatic rings.